The molecule has 0 aliphatic rings. The van der Waals surface area contributed by atoms with Gasteiger partial charge in [-0.1, -0.05) is 25.1 Å². The number of halogens is 1. The van der Waals surface area contributed by atoms with Crippen molar-refractivity contribution < 1.29 is 9.18 Å². The minimum absolute atomic E-state index is 0.184. The van der Waals surface area contributed by atoms with Crippen molar-refractivity contribution in [2.45, 2.75) is 33.7 Å². The van der Waals surface area contributed by atoms with E-state index in [0.29, 0.717) is 23.5 Å². The summed E-state index contributed by atoms with van der Waals surface area (Å²) in [6.07, 6.45) is 0.582. The van der Waals surface area contributed by atoms with Crippen molar-refractivity contribution in [3.8, 4) is 11.4 Å². The third-order valence-corrected chi connectivity index (χ3v) is 4.57. The molecule has 28 heavy (non-hydrogen) atoms. The Kier molecular flexibility index (Phi) is 5.68. The number of hydrogen-bond donors (Lipinski definition) is 1. The number of anilines is 1. The Morgan fingerprint density at radius 2 is 1.75 bits per heavy atom. The number of nitrogens with one attached hydrogen (secondary N) is 1. The van der Waals surface area contributed by atoms with Gasteiger partial charge < -0.3 is 5.32 Å². The lowest BCUT2D eigenvalue weighted by atomic mass is 10.1. The molecule has 0 spiro atoms. The fourth-order valence-corrected chi connectivity index (χ4v) is 3.04. The smallest absolute Gasteiger partial charge is 0.254 e. The molecule has 2 aromatic carbocycles. The van der Waals surface area contributed by atoms with Crippen LogP contribution in [0, 0.1) is 19.7 Å². The highest BCUT2D eigenvalue weighted by atomic mass is 19.1. The molecular formula is C22H22FN3O2. The van der Waals surface area contributed by atoms with Crippen LogP contribution >= 0.6 is 0 Å². The SMILES string of the molecule is CCc1cc(=O)n(CC(=O)Nc2c(C)cccc2C)c(-c2ccc(F)cc2)n1. The van der Waals surface area contributed by atoms with Gasteiger partial charge in [0, 0.05) is 23.0 Å². The zero-order chi connectivity index (χ0) is 20.3. The van der Waals surface area contributed by atoms with E-state index in [1.165, 1.54) is 22.8 Å². The summed E-state index contributed by atoms with van der Waals surface area (Å²) in [5.41, 5.74) is 3.51. The summed E-state index contributed by atoms with van der Waals surface area (Å²) in [5.74, 6) is -0.355. The molecule has 1 aromatic heterocycles. The van der Waals surface area contributed by atoms with E-state index in [4.69, 9.17) is 0 Å². The Bertz CT molecular complexity index is 1050. The number of rotatable bonds is 5. The van der Waals surface area contributed by atoms with Gasteiger partial charge in [0.15, 0.2) is 0 Å². The van der Waals surface area contributed by atoms with Gasteiger partial charge in [-0.25, -0.2) is 9.37 Å². The largest absolute Gasteiger partial charge is 0.324 e. The number of para-hydroxylation sites is 1. The zero-order valence-corrected chi connectivity index (χ0v) is 16.1. The van der Waals surface area contributed by atoms with Crippen molar-refractivity contribution in [1.29, 1.82) is 0 Å². The fourth-order valence-electron chi connectivity index (χ4n) is 3.04. The first-order chi connectivity index (χ1) is 13.4. The van der Waals surface area contributed by atoms with E-state index in [-0.39, 0.29) is 23.8 Å². The monoisotopic (exact) mass is 379 g/mol. The minimum atomic E-state index is -0.378. The van der Waals surface area contributed by atoms with Crippen molar-refractivity contribution in [2.75, 3.05) is 5.32 Å². The van der Waals surface area contributed by atoms with Gasteiger partial charge in [-0.2, -0.15) is 0 Å². The summed E-state index contributed by atoms with van der Waals surface area (Å²) in [4.78, 5) is 29.8. The summed E-state index contributed by atoms with van der Waals surface area (Å²) in [6.45, 7) is 5.54. The average molecular weight is 379 g/mol. The molecule has 1 N–H and O–H groups in total. The van der Waals surface area contributed by atoms with Gasteiger partial charge >= 0.3 is 0 Å². The molecule has 0 aliphatic heterocycles. The Labute approximate surface area is 162 Å². The molecule has 0 fully saturated rings. The maximum atomic E-state index is 13.3. The van der Waals surface area contributed by atoms with E-state index in [1.807, 2.05) is 39.0 Å². The molecule has 0 saturated heterocycles. The quantitative estimate of drug-likeness (QED) is 0.732. The highest BCUT2D eigenvalue weighted by Crippen LogP contribution is 2.20. The number of aromatic nitrogens is 2. The summed E-state index contributed by atoms with van der Waals surface area (Å²) < 4.78 is 14.6. The van der Waals surface area contributed by atoms with Crippen molar-refractivity contribution in [2.24, 2.45) is 0 Å². The predicted molar refractivity (Wildman–Crippen MR) is 108 cm³/mol. The van der Waals surface area contributed by atoms with E-state index in [9.17, 15) is 14.0 Å². The van der Waals surface area contributed by atoms with Crippen LogP contribution < -0.4 is 10.9 Å². The highest BCUT2D eigenvalue weighted by molar-refractivity contribution is 5.92. The fraction of sp³-hybridized carbons (Fsp3) is 0.227. The van der Waals surface area contributed by atoms with Gasteiger partial charge in [0.05, 0.1) is 0 Å². The third-order valence-electron chi connectivity index (χ3n) is 4.57. The number of amides is 1. The molecule has 3 aromatic rings. The highest BCUT2D eigenvalue weighted by Gasteiger charge is 2.15. The Hall–Kier alpha value is -3.28. The molecule has 3 rings (SSSR count). The number of carbonyl (C=O) groups excluding carboxylic acids is 1. The molecule has 1 amide bonds. The summed E-state index contributed by atoms with van der Waals surface area (Å²) in [6, 6.07) is 12.9. The summed E-state index contributed by atoms with van der Waals surface area (Å²) in [5, 5.41) is 2.88. The van der Waals surface area contributed by atoms with E-state index in [2.05, 4.69) is 10.3 Å². The lowest BCUT2D eigenvalue weighted by Gasteiger charge is -2.15. The number of benzene rings is 2. The molecule has 6 heteroatoms. The lowest BCUT2D eigenvalue weighted by Crippen LogP contribution is -2.30. The molecule has 0 radical (unpaired) electrons. The molecule has 0 atom stereocenters. The molecule has 0 saturated carbocycles. The van der Waals surface area contributed by atoms with Crippen LogP contribution in [0.25, 0.3) is 11.4 Å². The van der Waals surface area contributed by atoms with Crippen LogP contribution in [0.4, 0.5) is 10.1 Å². The second-order valence-electron chi connectivity index (χ2n) is 6.67. The number of carbonyl (C=O) groups is 1. The molecule has 144 valence electrons. The first-order valence-electron chi connectivity index (χ1n) is 9.11. The Morgan fingerprint density at radius 1 is 1.11 bits per heavy atom. The Balaban J connectivity index is 1.98. The second kappa shape index (κ2) is 8.17. The summed E-state index contributed by atoms with van der Waals surface area (Å²) in [7, 11) is 0. The third kappa shape index (κ3) is 4.17. The van der Waals surface area contributed by atoms with Crippen LogP contribution in [0.15, 0.2) is 53.3 Å². The molecular weight excluding hydrogens is 357 g/mol. The standard InChI is InChI=1S/C22H22FN3O2/c1-4-18-12-20(28)26(22(24-18)16-8-10-17(23)11-9-16)13-19(27)25-21-14(2)6-5-7-15(21)3/h5-12H,4,13H2,1-3H3,(H,25,27). The van der Waals surface area contributed by atoms with Crippen LogP contribution in [-0.4, -0.2) is 15.5 Å². The maximum Gasteiger partial charge on any atom is 0.254 e. The van der Waals surface area contributed by atoms with E-state index in [1.54, 1.807) is 12.1 Å². The predicted octanol–water partition coefficient (Wildman–Crippen LogP) is 3.87. The molecule has 0 aliphatic carbocycles. The minimum Gasteiger partial charge on any atom is -0.324 e. The second-order valence-corrected chi connectivity index (χ2v) is 6.67. The van der Waals surface area contributed by atoms with Crippen LogP contribution in [0.3, 0.4) is 0 Å². The van der Waals surface area contributed by atoms with Crippen molar-refractivity contribution in [3.63, 3.8) is 0 Å². The van der Waals surface area contributed by atoms with Crippen LogP contribution in [0.5, 0.6) is 0 Å². The van der Waals surface area contributed by atoms with Crippen molar-refractivity contribution >= 4 is 11.6 Å². The van der Waals surface area contributed by atoms with Gasteiger partial charge in [0.25, 0.3) is 5.56 Å². The number of nitrogens with zero attached hydrogens (tertiary/aromatic N) is 2. The first-order valence-corrected chi connectivity index (χ1v) is 9.11. The van der Waals surface area contributed by atoms with Crippen LogP contribution in [0.1, 0.15) is 23.7 Å². The molecule has 5 nitrogen and oxygen atoms in total. The first kappa shape index (κ1) is 19.5. The molecule has 1 heterocycles. The lowest BCUT2D eigenvalue weighted by molar-refractivity contribution is -0.116. The Morgan fingerprint density at radius 3 is 2.36 bits per heavy atom. The van der Waals surface area contributed by atoms with Gasteiger partial charge in [-0.3, -0.25) is 14.2 Å². The van der Waals surface area contributed by atoms with Gasteiger partial charge in [0.2, 0.25) is 5.91 Å². The van der Waals surface area contributed by atoms with Crippen LogP contribution in [-0.2, 0) is 17.8 Å². The summed E-state index contributed by atoms with van der Waals surface area (Å²) >= 11 is 0. The van der Waals surface area contributed by atoms with Gasteiger partial charge in [-0.05, 0) is 55.7 Å². The molecule has 0 bridgehead atoms. The topological polar surface area (TPSA) is 64.0 Å². The van der Waals surface area contributed by atoms with Gasteiger partial charge in [-0.15, -0.1) is 0 Å². The maximum absolute atomic E-state index is 13.3. The van der Waals surface area contributed by atoms with Crippen molar-refractivity contribution in [3.05, 3.63) is 81.5 Å². The normalized spacial score (nSPS) is 10.7. The molecule has 0 unspecified atom stereocenters. The van der Waals surface area contributed by atoms with E-state index < -0.39 is 0 Å². The van der Waals surface area contributed by atoms with E-state index in [0.717, 1.165) is 16.8 Å². The average Bonchev–Trinajstić information content (AvgIpc) is 2.67. The van der Waals surface area contributed by atoms with Crippen molar-refractivity contribution in [1.82, 2.24) is 9.55 Å². The number of aryl methyl sites for hydroxylation is 3. The number of hydrogen-bond acceptors (Lipinski definition) is 3. The van der Waals surface area contributed by atoms with E-state index >= 15 is 0 Å². The van der Waals surface area contributed by atoms with Gasteiger partial charge in [0.1, 0.15) is 18.2 Å². The van der Waals surface area contributed by atoms with Crippen LogP contribution in [0.2, 0.25) is 0 Å². The zero-order valence-electron chi connectivity index (χ0n) is 16.1.